The van der Waals surface area contributed by atoms with Crippen LogP contribution in [0, 0.1) is 0 Å². The zero-order valence-corrected chi connectivity index (χ0v) is 26.5. The van der Waals surface area contributed by atoms with Gasteiger partial charge in [-0.05, 0) is 81.9 Å². The fraction of sp³-hybridized carbons (Fsp3) is 0.158. The van der Waals surface area contributed by atoms with E-state index in [4.69, 9.17) is 28.4 Å². The van der Waals surface area contributed by atoms with Crippen molar-refractivity contribution < 1.29 is 38.0 Å². The van der Waals surface area contributed by atoms with Gasteiger partial charge in [-0.25, -0.2) is 9.59 Å². The molecule has 0 spiro atoms. The van der Waals surface area contributed by atoms with Crippen molar-refractivity contribution in [3.05, 3.63) is 108 Å². The summed E-state index contributed by atoms with van der Waals surface area (Å²) in [6, 6.07) is 29.7. The van der Waals surface area contributed by atoms with E-state index in [2.05, 4.69) is 0 Å². The molecule has 46 heavy (non-hydrogen) atoms. The van der Waals surface area contributed by atoms with Gasteiger partial charge < -0.3 is 28.4 Å². The van der Waals surface area contributed by atoms with Crippen molar-refractivity contribution in [2.24, 2.45) is 0 Å². The minimum atomic E-state index is -0.697. The normalized spacial score (nSPS) is 10.6. The maximum Gasteiger partial charge on any atom is 0.339 e. The van der Waals surface area contributed by atoms with Gasteiger partial charge in [-0.2, -0.15) is 0 Å². The second kappa shape index (κ2) is 13.9. The highest BCUT2D eigenvalue weighted by molar-refractivity contribution is 6.19. The molecular weight excluding hydrogens is 584 g/mol. The number of carbonyl (C=O) groups excluding carboxylic acids is 2. The first-order valence-corrected chi connectivity index (χ1v) is 14.4. The summed E-state index contributed by atoms with van der Waals surface area (Å²) in [5.74, 6) is 1.20. The maximum absolute atomic E-state index is 14.0. The van der Waals surface area contributed by atoms with Crippen molar-refractivity contribution >= 4 is 11.9 Å². The van der Waals surface area contributed by atoms with Gasteiger partial charge in [-0.15, -0.1) is 0 Å². The lowest BCUT2D eigenvalue weighted by atomic mass is 9.77. The van der Waals surface area contributed by atoms with E-state index < -0.39 is 11.9 Å². The van der Waals surface area contributed by atoms with Gasteiger partial charge in [0.2, 0.25) is 0 Å². The fourth-order valence-corrected chi connectivity index (χ4v) is 5.55. The second-order valence-corrected chi connectivity index (χ2v) is 10.1. The number of hydrogen-bond donors (Lipinski definition) is 0. The van der Waals surface area contributed by atoms with Crippen molar-refractivity contribution in [1.82, 2.24) is 0 Å². The zero-order valence-electron chi connectivity index (χ0n) is 26.5. The molecule has 0 fully saturated rings. The van der Waals surface area contributed by atoms with Crippen LogP contribution in [-0.2, 0) is 9.47 Å². The summed E-state index contributed by atoms with van der Waals surface area (Å²) in [5.41, 5.74) is 5.35. The lowest BCUT2D eigenvalue weighted by Gasteiger charge is -2.26. The van der Waals surface area contributed by atoms with Gasteiger partial charge in [0.05, 0.1) is 53.8 Å². The molecule has 0 aliphatic rings. The number of esters is 2. The first-order valence-electron chi connectivity index (χ1n) is 14.4. The van der Waals surface area contributed by atoms with Crippen LogP contribution < -0.4 is 18.9 Å². The van der Waals surface area contributed by atoms with Crippen LogP contribution in [-0.4, -0.2) is 54.6 Å². The molecule has 0 unspecified atom stereocenters. The Labute approximate surface area is 268 Å². The molecule has 0 saturated carbocycles. The molecule has 8 nitrogen and oxygen atoms in total. The monoisotopic (exact) mass is 618 g/mol. The smallest absolute Gasteiger partial charge is 0.339 e. The molecule has 0 amide bonds. The summed E-state index contributed by atoms with van der Waals surface area (Å²) in [4.78, 5) is 27.9. The van der Waals surface area contributed by atoms with E-state index in [9.17, 15) is 9.59 Å². The van der Waals surface area contributed by atoms with Crippen LogP contribution >= 0.6 is 0 Å². The molecule has 0 radical (unpaired) electrons. The predicted octanol–water partition coefficient (Wildman–Crippen LogP) is 7.96. The van der Waals surface area contributed by atoms with E-state index in [0.717, 1.165) is 11.1 Å². The van der Waals surface area contributed by atoms with Crippen molar-refractivity contribution in [2.75, 3.05) is 42.7 Å². The largest absolute Gasteiger partial charge is 0.497 e. The average molecular weight is 619 g/mol. The molecule has 0 atom stereocenters. The lowest BCUT2D eigenvalue weighted by molar-refractivity contribution is 0.0556. The number of rotatable bonds is 10. The van der Waals surface area contributed by atoms with Gasteiger partial charge in [0, 0.05) is 11.1 Å². The third kappa shape index (κ3) is 5.97. The minimum absolute atomic E-state index is 0.0633. The molecule has 5 aromatic rings. The Morgan fingerprint density at radius 2 is 0.565 bits per heavy atom. The van der Waals surface area contributed by atoms with Crippen molar-refractivity contribution in [2.45, 2.75) is 0 Å². The van der Waals surface area contributed by atoms with Crippen molar-refractivity contribution in [3.63, 3.8) is 0 Å². The van der Waals surface area contributed by atoms with Gasteiger partial charge in [0.15, 0.2) is 0 Å². The summed E-state index contributed by atoms with van der Waals surface area (Å²) in [7, 11) is 8.94. The number of benzene rings is 5. The van der Waals surface area contributed by atoms with Crippen LogP contribution in [0.25, 0.3) is 44.5 Å². The molecule has 0 saturated heterocycles. The summed E-state index contributed by atoms with van der Waals surface area (Å²) in [6.45, 7) is 0. The fourth-order valence-electron chi connectivity index (χ4n) is 5.55. The van der Waals surface area contributed by atoms with E-state index in [-0.39, 0.29) is 11.1 Å². The van der Waals surface area contributed by atoms with Crippen molar-refractivity contribution in [1.29, 1.82) is 0 Å². The Morgan fingerprint density at radius 1 is 0.348 bits per heavy atom. The van der Waals surface area contributed by atoms with Gasteiger partial charge in [-0.3, -0.25) is 0 Å². The van der Waals surface area contributed by atoms with Gasteiger partial charge in [0.1, 0.15) is 23.0 Å². The standard InChI is InChI=1S/C38H34O8/c1-41-27-15-7-23(8-16-27)31-32(24-9-17-28(42-2)18-10-24)34(26-13-21-30(44-4)22-14-26)36(38(40)46-6)35(37(39)45-5)33(31)25-11-19-29(43-3)20-12-25/h7-22H,1-6H3. The Bertz CT molecular complexity index is 1700. The van der Waals surface area contributed by atoms with E-state index in [0.29, 0.717) is 56.4 Å². The molecule has 0 aliphatic carbocycles. The molecule has 0 bridgehead atoms. The van der Waals surface area contributed by atoms with E-state index in [1.165, 1.54) is 14.2 Å². The third-order valence-electron chi connectivity index (χ3n) is 7.79. The average Bonchev–Trinajstić information content (AvgIpc) is 3.13. The molecule has 5 rings (SSSR count). The molecule has 5 aromatic carbocycles. The Hall–Kier alpha value is -5.76. The number of hydrogen-bond acceptors (Lipinski definition) is 8. The SMILES string of the molecule is COC(=O)c1c(C(=O)OC)c(-c2ccc(OC)cc2)c(-c2ccc(OC)cc2)c(-c2ccc(OC)cc2)c1-c1ccc(OC)cc1. The summed E-state index contributed by atoms with van der Waals surface area (Å²) in [6.07, 6.45) is 0. The predicted molar refractivity (Wildman–Crippen MR) is 177 cm³/mol. The second-order valence-electron chi connectivity index (χ2n) is 10.1. The topological polar surface area (TPSA) is 89.5 Å². The number of methoxy groups -OCH3 is 6. The van der Waals surface area contributed by atoms with Gasteiger partial charge >= 0.3 is 11.9 Å². The first-order chi connectivity index (χ1) is 22.4. The highest BCUT2D eigenvalue weighted by Gasteiger charge is 2.34. The lowest BCUT2D eigenvalue weighted by Crippen LogP contribution is -2.17. The first kappa shape index (κ1) is 31.7. The van der Waals surface area contributed by atoms with Crippen LogP contribution in [0.1, 0.15) is 20.7 Å². The highest BCUT2D eigenvalue weighted by Crippen LogP contribution is 2.51. The van der Waals surface area contributed by atoms with E-state index >= 15 is 0 Å². The van der Waals surface area contributed by atoms with Gasteiger partial charge in [-0.1, -0.05) is 48.5 Å². The molecule has 0 aliphatic heterocycles. The number of carbonyl (C=O) groups is 2. The summed E-state index contributed by atoms with van der Waals surface area (Å²) in [5, 5.41) is 0. The molecular formula is C38H34O8. The zero-order chi connectivity index (χ0) is 32.8. The molecule has 0 N–H and O–H groups in total. The van der Waals surface area contributed by atoms with Crippen molar-refractivity contribution in [3.8, 4) is 67.5 Å². The molecule has 234 valence electrons. The maximum atomic E-state index is 14.0. The van der Waals surface area contributed by atoms with E-state index in [1.54, 1.807) is 52.7 Å². The Kier molecular flexibility index (Phi) is 9.57. The van der Waals surface area contributed by atoms with Crippen LogP contribution in [0.4, 0.5) is 0 Å². The Morgan fingerprint density at radius 3 is 0.761 bits per heavy atom. The highest BCUT2D eigenvalue weighted by atomic mass is 16.5. The van der Waals surface area contributed by atoms with Crippen LogP contribution in [0.5, 0.6) is 23.0 Å². The molecule has 0 heterocycles. The van der Waals surface area contributed by atoms with Crippen LogP contribution in [0.2, 0.25) is 0 Å². The van der Waals surface area contributed by atoms with Crippen LogP contribution in [0.15, 0.2) is 97.1 Å². The van der Waals surface area contributed by atoms with Gasteiger partial charge in [0.25, 0.3) is 0 Å². The van der Waals surface area contributed by atoms with Crippen LogP contribution in [0.3, 0.4) is 0 Å². The minimum Gasteiger partial charge on any atom is -0.497 e. The Balaban J connectivity index is 2.09. The van der Waals surface area contributed by atoms with E-state index in [1.807, 2.05) is 72.8 Å². The molecule has 0 aromatic heterocycles. The molecule has 8 heteroatoms. The quantitative estimate of drug-likeness (QED) is 0.146. The third-order valence-corrected chi connectivity index (χ3v) is 7.79. The number of ether oxygens (including phenoxy) is 6. The summed E-state index contributed by atoms with van der Waals surface area (Å²) < 4.78 is 32.6. The summed E-state index contributed by atoms with van der Waals surface area (Å²) >= 11 is 0.